The molecule has 3 rings (SSSR count). The van der Waals surface area contributed by atoms with Gasteiger partial charge in [-0.1, -0.05) is 31.4 Å². The average molecular weight is 373 g/mol. The lowest BCUT2D eigenvalue weighted by atomic mass is 9.84. The molecule has 0 saturated heterocycles. The van der Waals surface area contributed by atoms with E-state index < -0.39 is 10.0 Å². The number of rotatable bonds is 4. The summed E-state index contributed by atoms with van der Waals surface area (Å²) in [6, 6.07) is 7.79. The Morgan fingerprint density at radius 1 is 0.875 bits per heavy atom. The maximum atomic E-state index is 12.5. The van der Waals surface area contributed by atoms with Gasteiger partial charge in [0.2, 0.25) is 10.0 Å². The zero-order chi connectivity index (χ0) is 16.3. The van der Waals surface area contributed by atoms with E-state index in [0.29, 0.717) is 10.8 Å². The third kappa shape index (κ3) is 4.94. The van der Waals surface area contributed by atoms with Gasteiger partial charge >= 0.3 is 0 Å². The highest BCUT2D eigenvalue weighted by molar-refractivity contribution is 7.89. The van der Waals surface area contributed by atoms with Crippen LogP contribution in [0.3, 0.4) is 0 Å². The summed E-state index contributed by atoms with van der Waals surface area (Å²) in [6.07, 6.45) is 9.83. The number of benzene rings is 1. The molecule has 0 atom stereocenters. The van der Waals surface area contributed by atoms with Crippen molar-refractivity contribution in [2.24, 2.45) is 5.73 Å². The first kappa shape index (κ1) is 19.7. The molecule has 2 aliphatic carbocycles. The van der Waals surface area contributed by atoms with Crippen LogP contribution >= 0.6 is 12.4 Å². The number of nitrogens with two attached hydrogens (primary N) is 1. The van der Waals surface area contributed by atoms with Crippen LogP contribution in [0.15, 0.2) is 29.2 Å². The molecule has 0 unspecified atom stereocenters. The van der Waals surface area contributed by atoms with E-state index >= 15 is 0 Å². The van der Waals surface area contributed by atoms with Gasteiger partial charge in [-0.05, 0) is 62.1 Å². The van der Waals surface area contributed by atoms with Gasteiger partial charge < -0.3 is 5.73 Å². The van der Waals surface area contributed by atoms with Crippen molar-refractivity contribution < 1.29 is 8.42 Å². The first-order valence-electron chi connectivity index (χ1n) is 8.92. The second-order valence-electron chi connectivity index (χ2n) is 7.14. The second-order valence-corrected chi connectivity index (χ2v) is 8.85. The Morgan fingerprint density at radius 3 is 2.04 bits per heavy atom. The van der Waals surface area contributed by atoms with Crippen molar-refractivity contribution in [3.05, 3.63) is 29.8 Å². The molecule has 1 aromatic carbocycles. The van der Waals surface area contributed by atoms with Crippen LogP contribution in [0.4, 0.5) is 0 Å². The highest BCUT2D eigenvalue weighted by Gasteiger charge is 2.24. The number of halogens is 1. The summed E-state index contributed by atoms with van der Waals surface area (Å²) < 4.78 is 27.9. The van der Waals surface area contributed by atoms with Crippen LogP contribution in [0.5, 0.6) is 0 Å². The summed E-state index contributed by atoms with van der Waals surface area (Å²) in [6.45, 7) is 0. The van der Waals surface area contributed by atoms with Crippen LogP contribution in [-0.4, -0.2) is 20.5 Å². The molecule has 0 amide bonds. The summed E-state index contributed by atoms with van der Waals surface area (Å²) in [5.74, 6) is 0.605. The SMILES string of the molecule is Cl.NC1CCC(NS(=O)(=O)c2ccc(C3CCCCC3)cc2)CC1. The molecular formula is C18H29ClN2O2S. The van der Waals surface area contributed by atoms with Crippen LogP contribution in [0, 0.1) is 0 Å². The van der Waals surface area contributed by atoms with Crippen LogP contribution < -0.4 is 10.5 Å². The summed E-state index contributed by atoms with van der Waals surface area (Å²) in [4.78, 5) is 0.381. The minimum atomic E-state index is -3.42. The molecule has 136 valence electrons. The first-order chi connectivity index (χ1) is 11.0. The molecule has 4 nitrogen and oxygen atoms in total. The van der Waals surface area contributed by atoms with Gasteiger partial charge in [0, 0.05) is 12.1 Å². The van der Waals surface area contributed by atoms with Crippen LogP contribution in [-0.2, 0) is 10.0 Å². The number of hydrogen-bond acceptors (Lipinski definition) is 3. The van der Waals surface area contributed by atoms with E-state index in [9.17, 15) is 8.42 Å². The summed E-state index contributed by atoms with van der Waals surface area (Å²) >= 11 is 0. The molecule has 0 aromatic heterocycles. The smallest absolute Gasteiger partial charge is 0.240 e. The van der Waals surface area contributed by atoms with Crippen molar-refractivity contribution in [2.45, 2.75) is 80.7 Å². The topological polar surface area (TPSA) is 72.2 Å². The highest BCUT2D eigenvalue weighted by atomic mass is 35.5. The van der Waals surface area contributed by atoms with E-state index in [0.717, 1.165) is 25.7 Å². The van der Waals surface area contributed by atoms with Crippen molar-refractivity contribution in [1.29, 1.82) is 0 Å². The molecule has 1 aromatic rings. The third-order valence-corrected chi connectivity index (χ3v) is 6.90. The number of hydrogen-bond donors (Lipinski definition) is 2. The van der Waals surface area contributed by atoms with Gasteiger partial charge in [0.15, 0.2) is 0 Å². The fourth-order valence-electron chi connectivity index (χ4n) is 3.88. The zero-order valence-electron chi connectivity index (χ0n) is 14.1. The summed E-state index contributed by atoms with van der Waals surface area (Å²) in [7, 11) is -3.42. The summed E-state index contributed by atoms with van der Waals surface area (Å²) in [5.41, 5.74) is 7.17. The van der Waals surface area contributed by atoms with Crippen molar-refractivity contribution in [2.75, 3.05) is 0 Å². The average Bonchev–Trinajstić information content (AvgIpc) is 2.58. The van der Waals surface area contributed by atoms with Gasteiger partial charge in [-0.3, -0.25) is 0 Å². The predicted octanol–water partition coefficient (Wildman–Crippen LogP) is 3.70. The quantitative estimate of drug-likeness (QED) is 0.846. The monoisotopic (exact) mass is 372 g/mol. The molecule has 2 aliphatic rings. The molecule has 0 radical (unpaired) electrons. The van der Waals surface area contributed by atoms with Crippen LogP contribution in [0.2, 0.25) is 0 Å². The Hall–Kier alpha value is -0.620. The highest BCUT2D eigenvalue weighted by Crippen LogP contribution is 2.33. The molecule has 0 spiro atoms. The first-order valence-corrected chi connectivity index (χ1v) is 10.4. The van der Waals surface area contributed by atoms with E-state index in [4.69, 9.17) is 5.73 Å². The lowest BCUT2D eigenvalue weighted by Crippen LogP contribution is -2.40. The number of sulfonamides is 1. The standard InChI is InChI=1S/C18H28N2O2S.ClH/c19-16-8-10-17(11-9-16)20-23(21,22)18-12-6-15(7-13-18)14-4-2-1-3-5-14;/h6-7,12-14,16-17,20H,1-5,8-11,19H2;1H. The Balaban J connectivity index is 0.00000208. The van der Waals surface area contributed by atoms with Crippen LogP contribution in [0.25, 0.3) is 0 Å². The Kier molecular flexibility index (Phi) is 7.10. The van der Waals surface area contributed by atoms with E-state index in [1.54, 1.807) is 12.1 Å². The van der Waals surface area contributed by atoms with E-state index in [1.807, 2.05) is 12.1 Å². The minimum Gasteiger partial charge on any atom is -0.328 e. The third-order valence-electron chi connectivity index (χ3n) is 5.36. The molecular weight excluding hydrogens is 344 g/mol. The number of nitrogens with one attached hydrogen (secondary N) is 1. The van der Waals surface area contributed by atoms with E-state index in [-0.39, 0.29) is 24.5 Å². The van der Waals surface area contributed by atoms with Gasteiger partial charge in [-0.15, -0.1) is 12.4 Å². The maximum Gasteiger partial charge on any atom is 0.240 e. The molecule has 2 fully saturated rings. The van der Waals surface area contributed by atoms with Crippen molar-refractivity contribution in [3.8, 4) is 0 Å². The molecule has 2 saturated carbocycles. The van der Waals surface area contributed by atoms with E-state index in [1.165, 1.54) is 37.7 Å². The second kappa shape index (κ2) is 8.65. The molecule has 3 N–H and O–H groups in total. The van der Waals surface area contributed by atoms with Gasteiger partial charge in [-0.25, -0.2) is 13.1 Å². The Labute approximate surface area is 152 Å². The zero-order valence-corrected chi connectivity index (χ0v) is 15.7. The Bertz CT molecular complexity index is 604. The van der Waals surface area contributed by atoms with Gasteiger partial charge in [0.1, 0.15) is 0 Å². The molecule has 0 aliphatic heterocycles. The molecule has 24 heavy (non-hydrogen) atoms. The Morgan fingerprint density at radius 2 is 1.46 bits per heavy atom. The van der Waals surface area contributed by atoms with Gasteiger partial charge in [-0.2, -0.15) is 0 Å². The lowest BCUT2D eigenvalue weighted by Gasteiger charge is -2.26. The van der Waals surface area contributed by atoms with Crippen molar-refractivity contribution >= 4 is 22.4 Å². The van der Waals surface area contributed by atoms with Crippen molar-refractivity contribution in [3.63, 3.8) is 0 Å². The predicted molar refractivity (Wildman–Crippen MR) is 100 cm³/mol. The lowest BCUT2D eigenvalue weighted by molar-refractivity contribution is 0.373. The van der Waals surface area contributed by atoms with E-state index in [2.05, 4.69) is 4.72 Å². The van der Waals surface area contributed by atoms with Gasteiger partial charge in [0.05, 0.1) is 4.90 Å². The minimum absolute atomic E-state index is 0. The fourth-order valence-corrected chi connectivity index (χ4v) is 5.18. The van der Waals surface area contributed by atoms with Crippen LogP contribution in [0.1, 0.15) is 69.3 Å². The molecule has 0 heterocycles. The molecule has 0 bridgehead atoms. The van der Waals surface area contributed by atoms with Crippen molar-refractivity contribution in [1.82, 2.24) is 4.72 Å². The largest absolute Gasteiger partial charge is 0.328 e. The fraction of sp³-hybridized carbons (Fsp3) is 0.667. The maximum absolute atomic E-state index is 12.5. The molecule has 6 heteroatoms. The normalized spacial score (nSPS) is 25.9. The summed E-state index contributed by atoms with van der Waals surface area (Å²) in [5, 5.41) is 0. The van der Waals surface area contributed by atoms with Gasteiger partial charge in [0.25, 0.3) is 0 Å².